The van der Waals surface area contributed by atoms with Crippen molar-refractivity contribution in [1.82, 2.24) is 13.9 Å². The van der Waals surface area contributed by atoms with Crippen LogP contribution in [0.4, 0.5) is 5.69 Å². The lowest BCUT2D eigenvalue weighted by Crippen LogP contribution is -2.34. The molecule has 0 aliphatic carbocycles. The fourth-order valence-corrected chi connectivity index (χ4v) is 4.58. The Bertz CT molecular complexity index is 951. The second-order valence-electron chi connectivity index (χ2n) is 5.23. The summed E-state index contributed by atoms with van der Waals surface area (Å²) < 4.78 is 27.8. The molecule has 25 heavy (non-hydrogen) atoms. The first kappa shape index (κ1) is 17.3. The molecule has 0 radical (unpaired) electrons. The summed E-state index contributed by atoms with van der Waals surface area (Å²) in [4.78, 5) is 16.3. The Morgan fingerprint density at radius 3 is 2.76 bits per heavy atom. The number of amides is 1. The summed E-state index contributed by atoms with van der Waals surface area (Å²) in [5, 5.41) is 4.44. The summed E-state index contributed by atoms with van der Waals surface area (Å²) in [6.07, 6.45) is 5.02. The van der Waals surface area contributed by atoms with E-state index in [0.717, 1.165) is 21.3 Å². The van der Waals surface area contributed by atoms with Crippen molar-refractivity contribution in [3.8, 4) is 5.69 Å². The summed E-state index contributed by atoms with van der Waals surface area (Å²) in [7, 11) is -2.28. The molecule has 0 atom stereocenters. The molecule has 1 N–H and O–H groups in total. The molecule has 3 rings (SSSR count). The minimum absolute atomic E-state index is 0.210. The van der Waals surface area contributed by atoms with E-state index in [9.17, 15) is 13.2 Å². The van der Waals surface area contributed by atoms with Crippen molar-refractivity contribution >= 4 is 33.0 Å². The highest BCUT2D eigenvalue weighted by Gasteiger charge is 2.24. The van der Waals surface area contributed by atoms with E-state index < -0.39 is 15.9 Å². The fourth-order valence-electron chi connectivity index (χ4n) is 2.25. The van der Waals surface area contributed by atoms with Crippen molar-refractivity contribution in [3.63, 3.8) is 0 Å². The van der Waals surface area contributed by atoms with Crippen LogP contribution < -0.4 is 5.32 Å². The van der Waals surface area contributed by atoms with Crippen LogP contribution in [-0.4, -0.2) is 41.8 Å². The normalized spacial score (nSPS) is 11.6. The number of likely N-dealkylation sites (N-methyl/N-ethyl adjacent to an activating group) is 1. The Labute approximate surface area is 149 Å². The summed E-state index contributed by atoms with van der Waals surface area (Å²) in [5.74, 6) is -0.421. The molecular weight excluding hydrogens is 360 g/mol. The van der Waals surface area contributed by atoms with Crippen LogP contribution in [0.1, 0.15) is 0 Å². The van der Waals surface area contributed by atoms with E-state index in [-0.39, 0.29) is 10.8 Å². The Balaban J connectivity index is 1.74. The number of carbonyl (C=O) groups excluding carboxylic acids is 1. The maximum absolute atomic E-state index is 12.4. The first-order chi connectivity index (χ1) is 12.0. The Morgan fingerprint density at radius 2 is 2.08 bits per heavy atom. The summed E-state index contributed by atoms with van der Waals surface area (Å²) in [6.45, 7) is -0.279. The average molecular weight is 376 g/mol. The number of thiophene rings is 1. The first-order valence-electron chi connectivity index (χ1n) is 7.35. The molecule has 0 saturated heterocycles. The van der Waals surface area contributed by atoms with Gasteiger partial charge in [-0.3, -0.25) is 4.79 Å². The smallest absolute Gasteiger partial charge is 0.252 e. The number of sulfonamides is 1. The number of imidazole rings is 1. The molecular formula is C16H16N4O3S2. The number of benzene rings is 1. The Hall–Kier alpha value is -2.49. The van der Waals surface area contributed by atoms with Gasteiger partial charge in [0, 0.05) is 19.4 Å². The molecule has 2 heterocycles. The predicted octanol–water partition coefficient (Wildman–Crippen LogP) is 2.19. The van der Waals surface area contributed by atoms with E-state index in [1.54, 1.807) is 46.9 Å². The van der Waals surface area contributed by atoms with Gasteiger partial charge in [0.1, 0.15) is 4.21 Å². The van der Waals surface area contributed by atoms with Gasteiger partial charge in [-0.25, -0.2) is 13.4 Å². The van der Waals surface area contributed by atoms with Crippen LogP contribution in [0.3, 0.4) is 0 Å². The van der Waals surface area contributed by atoms with Crippen molar-refractivity contribution in [2.24, 2.45) is 0 Å². The molecule has 1 amide bonds. The zero-order valence-corrected chi connectivity index (χ0v) is 15.0. The van der Waals surface area contributed by atoms with E-state index in [0.29, 0.717) is 5.69 Å². The highest BCUT2D eigenvalue weighted by atomic mass is 32.2. The zero-order valence-electron chi connectivity index (χ0n) is 13.4. The number of hydrogen-bond acceptors (Lipinski definition) is 5. The molecule has 0 aliphatic rings. The van der Waals surface area contributed by atoms with Crippen LogP contribution in [0.25, 0.3) is 5.69 Å². The quantitative estimate of drug-likeness (QED) is 0.715. The largest absolute Gasteiger partial charge is 0.323 e. The highest BCUT2D eigenvalue weighted by molar-refractivity contribution is 7.91. The lowest BCUT2D eigenvalue weighted by atomic mass is 10.2. The van der Waals surface area contributed by atoms with Crippen molar-refractivity contribution in [1.29, 1.82) is 0 Å². The van der Waals surface area contributed by atoms with Gasteiger partial charge in [0.2, 0.25) is 5.91 Å². The predicted molar refractivity (Wildman–Crippen MR) is 96.3 cm³/mol. The number of rotatable bonds is 6. The Morgan fingerprint density at radius 1 is 1.28 bits per heavy atom. The summed E-state index contributed by atoms with van der Waals surface area (Å²) >= 11 is 1.12. The van der Waals surface area contributed by atoms with Crippen molar-refractivity contribution in [2.75, 3.05) is 18.9 Å². The summed E-state index contributed by atoms with van der Waals surface area (Å²) in [5.41, 5.74) is 1.32. The lowest BCUT2D eigenvalue weighted by Gasteiger charge is -2.17. The molecule has 7 nitrogen and oxygen atoms in total. The summed E-state index contributed by atoms with van der Waals surface area (Å²) in [6, 6.07) is 10.4. The number of para-hydroxylation sites is 2. The second-order valence-corrected chi connectivity index (χ2v) is 8.45. The van der Waals surface area contributed by atoms with E-state index in [1.165, 1.54) is 13.1 Å². The first-order valence-corrected chi connectivity index (χ1v) is 9.67. The molecule has 0 aliphatic heterocycles. The second kappa shape index (κ2) is 7.18. The average Bonchev–Trinajstić information content (AvgIpc) is 3.29. The maximum Gasteiger partial charge on any atom is 0.252 e. The minimum Gasteiger partial charge on any atom is -0.323 e. The third-order valence-electron chi connectivity index (χ3n) is 3.49. The van der Waals surface area contributed by atoms with Crippen molar-refractivity contribution in [3.05, 3.63) is 60.5 Å². The Kier molecular flexibility index (Phi) is 4.98. The van der Waals surface area contributed by atoms with Gasteiger partial charge in [0.05, 0.1) is 24.2 Å². The third kappa shape index (κ3) is 3.78. The SMILES string of the molecule is CN(CC(=O)Nc1ccccc1-n1ccnc1)S(=O)(=O)c1cccs1. The van der Waals surface area contributed by atoms with Crippen LogP contribution in [0.15, 0.2) is 64.7 Å². The van der Waals surface area contributed by atoms with E-state index in [1.807, 2.05) is 12.1 Å². The van der Waals surface area contributed by atoms with Gasteiger partial charge in [-0.1, -0.05) is 18.2 Å². The molecule has 9 heteroatoms. The van der Waals surface area contributed by atoms with Crippen LogP contribution in [0, 0.1) is 0 Å². The molecule has 130 valence electrons. The molecule has 0 spiro atoms. The van der Waals surface area contributed by atoms with E-state index >= 15 is 0 Å². The molecule has 0 saturated carbocycles. The standard InChI is InChI=1S/C16H16N4O3S2/c1-19(25(22,23)16-7-4-10-24-16)11-15(21)18-13-5-2-3-6-14(13)20-9-8-17-12-20/h2-10,12H,11H2,1H3,(H,18,21). The van der Waals surface area contributed by atoms with Crippen LogP contribution in [0.2, 0.25) is 0 Å². The van der Waals surface area contributed by atoms with E-state index in [2.05, 4.69) is 10.3 Å². The minimum atomic E-state index is -3.66. The van der Waals surface area contributed by atoms with Gasteiger partial charge in [-0.15, -0.1) is 11.3 Å². The van der Waals surface area contributed by atoms with E-state index in [4.69, 9.17) is 0 Å². The van der Waals surface area contributed by atoms with Crippen LogP contribution in [-0.2, 0) is 14.8 Å². The molecule has 0 fully saturated rings. The van der Waals surface area contributed by atoms with Crippen molar-refractivity contribution < 1.29 is 13.2 Å². The molecule has 2 aromatic heterocycles. The van der Waals surface area contributed by atoms with Crippen LogP contribution >= 0.6 is 11.3 Å². The van der Waals surface area contributed by atoms with Gasteiger partial charge >= 0.3 is 0 Å². The lowest BCUT2D eigenvalue weighted by molar-refractivity contribution is -0.116. The molecule has 0 unspecified atom stereocenters. The van der Waals surface area contributed by atoms with Gasteiger partial charge in [-0.05, 0) is 23.6 Å². The van der Waals surface area contributed by atoms with Crippen LogP contribution in [0.5, 0.6) is 0 Å². The van der Waals surface area contributed by atoms with Gasteiger partial charge in [0.15, 0.2) is 0 Å². The number of nitrogens with one attached hydrogen (secondary N) is 1. The number of nitrogens with zero attached hydrogens (tertiary/aromatic N) is 3. The number of anilines is 1. The molecule has 0 bridgehead atoms. The molecule has 1 aromatic carbocycles. The number of aromatic nitrogens is 2. The van der Waals surface area contributed by atoms with Crippen molar-refractivity contribution in [2.45, 2.75) is 4.21 Å². The molecule has 3 aromatic rings. The third-order valence-corrected chi connectivity index (χ3v) is 6.66. The topological polar surface area (TPSA) is 84.3 Å². The maximum atomic E-state index is 12.4. The zero-order chi connectivity index (χ0) is 17.9. The fraction of sp³-hybridized carbons (Fsp3) is 0.125. The monoisotopic (exact) mass is 376 g/mol. The van der Waals surface area contributed by atoms with Gasteiger partial charge < -0.3 is 9.88 Å². The number of hydrogen-bond donors (Lipinski definition) is 1. The highest BCUT2D eigenvalue weighted by Crippen LogP contribution is 2.21. The van der Waals surface area contributed by atoms with Gasteiger partial charge in [0.25, 0.3) is 10.0 Å². The number of carbonyl (C=O) groups is 1. The van der Waals surface area contributed by atoms with Gasteiger partial charge in [-0.2, -0.15) is 4.31 Å².